The lowest BCUT2D eigenvalue weighted by Gasteiger charge is -2.14. The van der Waals surface area contributed by atoms with Crippen molar-refractivity contribution in [3.05, 3.63) is 29.8 Å². The molecule has 0 spiro atoms. The van der Waals surface area contributed by atoms with Crippen molar-refractivity contribution in [2.75, 3.05) is 6.26 Å². The molecule has 0 saturated heterocycles. The fraction of sp³-hybridized carbons (Fsp3) is 0.500. The minimum Gasteiger partial charge on any atom is -0.324 e. The van der Waals surface area contributed by atoms with E-state index in [0.29, 0.717) is 5.92 Å². The molecule has 0 heterocycles. The molecule has 15 heavy (non-hydrogen) atoms. The highest BCUT2D eigenvalue weighted by Gasteiger charge is 2.07. The molecule has 0 aromatic heterocycles. The van der Waals surface area contributed by atoms with E-state index >= 15 is 0 Å². The first kappa shape index (κ1) is 14.8. The lowest BCUT2D eigenvalue weighted by Crippen LogP contribution is -2.12. The summed E-state index contributed by atoms with van der Waals surface area (Å²) in [7, 11) is 0. The van der Waals surface area contributed by atoms with Crippen LogP contribution in [0.4, 0.5) is 0 Å². The van der Waals surface area contributed by atoms with Gasteiger partial charge in [-0.25, -0.2) is 0 Å². The molecule has 1 atom stereocenters. The van der Waals surface area contributed by atoms with Crippen molar-refractivity contribution < 1.29 is 0 Å². The predicted molar refractivity (Wildman–Crippen MR) is 71.9 cm³/mol. The topological polar surface area (TPSA) is 26.0 Å². The van der Waals surface area contributed by atoms with Crippen molar-refractivity contribution in [3.8, 4) is 0 Å². The van der Waals surface area contributed by atoms with Crippen LogP contribution in [0.1, 0.15) is 31.9 Å². The predicted octanol–water partition coefficient (Wildman–Crippen LogP) is 3.88. The largest absolute Gasteiger partial charge is 0.324 e. The summed E-state index contributed by atoms with van der Waals surface area (Å²) in [4.78, 5) is 1.30. The van der Waals surface area contributed by atoms with E-state index < -0.39 is 0 Å². The first-order valence-corrected chi connectivity index (χ1v) is 6.25. The lowest BCUT2D eigenvalue weighted by atomic mass is 9.98. The van der Waals surface area contributed by atoms with Gasteiger partial charge in [-0.3, -0.25) is 0 Å². The summed E-state index contributed by atoms with van der Waals surface area (Å²) in [5.74, 6) is 0.658. The zero-order chi connectivity index (χ0) is 10.6. The van der Waals surface area contributed by atoms with Crippen molar-refractivity contribution in [2.45, 2.75) is 31.2 Å². The first-order valence-electron chi connectivity index (χ1n) is 5.03. The summed E-state index contributed by atoms with van der Waals surface area (Å²) in [6, 6.07) is 8.74. The molecule has 0 amide bonds. The second kappa shape index (κ2) is 7.15. The molecule has 0 radical (unpaired) electrons. The molecule has 0 aliphatic carbocycles. The Kier molecular flexibility index (Phi) is 7.07. The number of thioether (sulfide) groups is 1. The Balaban J connectivity index is 0.00000196. The summed E-state index contributed by atoms with van der Waals surface area (Å²) in [6.07, 6.45) is 3.14. The Labute approximate surface area is 103 Å². The van der Waals surface area contributed by atoms with E-state index in [1.807, 2.05) is 0 Å². The van der Waals surface area contributed by atoms with Crippen molar-refractivity contribution in [1.29, 1.82) is 0 Å². The van der Waals surface area contributed by atoms with Gasteiger partial charge in [-0.1, -0.05) is 26.0 Å². The maximum absolute atomic E-state index is 6.08. The average molecular weight is 246 g/mol. The van der Waals surface area contributed by atoms with Crippen molar-refractivity contribution >= 4 is 24.2 Å². The molecule has 86 valence electrons. The molecule has 3 heteroatoms. The van der Waals surface area contributed by atoms with Gasteiger partial charge >= 0.3 is 0 Å². The lowest BCUT2D eigenvalue weighted by molar-refractivity contribution is 0.510. The van der Waals surface area contributed by atoms with Gasteiger partial charge in [-0.15, -0.1) is 24.2 Å². The first-order chi connectivity index (χ1) is 6.63. The molecule has 0 aliphatic heterocycles. The fourth-order valence-electron chi connectivity index (χ4n) is 1.50. The fourth-order valence-corrected chi connectivity index (χ4v) is 1.90. The Morgan fingerprint density at radius 1 is 1.20 bits per heavy atom. The molecular weight excluding hydrogens is 226 g/mol. The number of rotatable bonds is 4. The monoisotopic (exact) mass is 245 g/mol. The molecule has 1 aromatic rings. The van der Waals surface area contributed by atoms with Crippen LogP contribution in [0.25, 0.3) is 0 Å². The number of benzene rings is 1. The molecule has 0 unspecified atom stereocenters. The van der Waals surface area contributed by atoms with E-state index in [2.05, 4.69) is 44.4 Å². The van der Waals surface area contributed by atoms with E-state index in [0.717, 1.165) is 6.42 Å². The van der Waals surface area contributed by atoms with Crippen LogP contribution < -0.4 is 5.73 Å². The quantitative estimate of drug-likeness (QED) is 0.815. The SMILES string of the molecule is CSc1ccc([C@@H](N)CC(C)C)cc1.Cl. The van der Waals surface area contributed by atoms with Crippen LogP contribution in [0.2, 0.25) is 0 Å². The zero-order valence-electron chi connectivity index (χ0n) is 9.57. The zero-order valence-corrected chi connectivity index (χ0v) is 11.2. The third-order valence-electron chi connectivity index (χ3n) is 2.27. The van der Waals surface area contributed by atoms with Gasteiger partial charge in [0.25, 0.3) is 0 Å². The molecule has 1 nitrogen and oxygen atoms in total. The van der Waals surface area contributed by atoms with E-state index in [-0.39, 0.29) is 18.4 Å². The van der Waals surface area contributed by atoms with E-state index in [9.17, 15) is 0 Å². The van der Waals surface area contributed by atoms with Gasteiger partial charge in [-0.05, 0) is 36.3 Å². The summed E-state index contributed by atoms with van der Waals surface area (Å²) in [5.41, 5.74) is 7.33. The van der Waals surface area contributed by atoms with Gasteiger partial charge in [0, 0.05) is 10.9 Å². The molecular formula is C12H20ClNS. The van der Waals surface area contributed by atoms with Crippen LogP contribution in [0.3, 0.4) is 0 Å². The Bertz CT molecular complexity index is 271. The molecule has 0 fully saturated rings. The van der Waals surface area contributed by atoms with Crippen molar-refractivity contribution in [3.63, 3.8) is 0 Å². The van der Waals surface area contributed by atoms with Gasteiger partial charge in [0.15, 0.2) is 0 Å². The maximum Gasteiger partial charge on any atom is 0.0297 e. The molecule has 1 rings (SSSR count). The number of hydrogen-bond donors (Lipinski definition) is 1. The highest BCUT2D eigenvalue weighted by molar-refractivity contribution is 7.98. The van der Waals surface area contributed by atoms with Crippen molar-refractivity contribution in [1.82, 2.24) is 0 Å². The Morgan fingerprint density at radius 2 is 1.73 bits per heavy atom. The summed E-state index contributed by atoms with van der Waals surface area (Å²) in [5, 5.41) is 0. The Morgan fingerprint density at radius 3 is 2.13 bits per heavy atom. The van der Waals surface area contributed by atoms with Crippen molar-refractivity contribution in [2.24, 2.45) is 11.7 Å². The van der Waals surface area contributed by atoms with E-state index in [1.54, 1.807) is 11.8 Å². The molecule has 0 aliphatic rings. The van der Waals surface area contributed by atoms with Gasteiger partial charge < -0.3 is 5.73 Å². The minimum atomic E-state index is 0. The van der Waals surface area contributed by atoms with E-state index in [4.69, 9.17) is 5.73 Å². The average Bonchev–Trinajstić information content (AvgIpc) is 2.17. The molecule has 0 bridgehead atoms. The maximum atomic E-state index is 6.08. The molecule has 2 N–H and O–H groups in total. The Hall–Kier alpha value is -0.180. The van der Waals surface area contributed by atoms with E-state index in [1.165, 1.54) is 10.5 Å². The van der Waals surface area contributed by atoms with Gasteiger partial charge in [0.2, 0.25) is 0 Å². The number of nitrogens with two attached hydrogens (primary N) is 1. The van der Waals surface area contributed by atoms with Crippen LogP contribution in [-0.2, 0) is 0 Å². The van der Waals surface area contributed by atoms with Crippen LogP contribution in [0.5, 0.6) is 0 Å². The van der Waals surface area contributed by atoms with Gasteiger partial charge in [0.1, 0.15) is 0 Å². The smallest absolute Gasteiger partial charge is 0.0297 e. The standard InChI is InChI=1S/C12H19NS.ClH/c1-9(2)8-12(13)10-4-6-11(14-3)7-5-10;/h4-7,9,12H,8,13H2,1-3H3;1H/t12-;/m0./s1. The summed E-state index contributed by atoms with van der Waals surface area (Å²) < 4.78 is 0. The molecule has 0 saturated carbocycles. The van der Waals surface area contributed by atoms with Gasteiger partial charge in [0.05, 0.1) is 0 Å². The normalized spacial score (nSPS) is 12.3. The van der Waals surface area contributed by atoms with Crippen LogP contribution in [0, 0.1) is 5.92 Å². The van der Waals surface area contributed by atoms with Crippen LogP contribution in [0.15, 0.2) is 29.2 Å². The van der Waals surface area contributed by atoms with Crippen LogP contribution >= 0.6 is 24.2 Å². The third kappa shape index (κ3) is 4.92. The summed E-state index contributed by atoms with van der Waals surface area (Å²) >= 11 is 1.76. The highest BCUT2D eigenvalue weighted by Crippen LogP contribution is 2.21. The third-order valence-corrected chi connectivity index (χ3v) is 3.01. The second-order valence-electron chi connectivity index (χ2n) is 4.01. The summed E-state index contributed by atoms with van der Waals surface area (Å²) in [6.45, 7) is 4.41. The van der Waals surface area contributed by atoms with Gasteiger partial charge in [-0.2, -0.15) is 0 Å². The minimum absolute atomic E-state index is 0. The van der Waals surface area contributed by atoms with Crippen LogP contribution in [-0.4, -0.2) is 6.26 Å². The highest BCUT2D eigenvalue weighted by atomic mass is 35.5. The number of halogens is 1. The number of hydrogen-bond acceptors (Lipinski definition) is 2. The second-order valence-corrected chi connectivity index (χ2v) is 4.89. The molecule has 1 aromatic carbocycles.